The molecule has 6 rings (SSSR count). The van der Waals surface area contributed by atoms with Crippen LogP contribution in [0.4, 0.5) is 11.4 Å². The summed E-state index contributed by atoms with van der Waals surface area (Å²) >= 11 is 0. The lowest BCUT2D eigenvalue weighted by atomic mass is 9.81. The van der Waals surface area contributed by atoms with E-state index in [0.717, 1.165) is 31.8 Å². The zero-order chi connectivity index (χ0) is 28.2. The number of hydrogen-bond donors (Lipinski definition) is 1. The van der Waals surface area contributed by atoms with Gasteiger partial charge in [-0.15, -0.1) is 0 Å². The van der Waals surface area contributed by atoms with Crippen molar-refractivity contribution >= 4 is 28.7 Å². The smallest absolute Gasteiger partial charge is 0.196 e. The highest BCUT2D eigenvalue weighted by Gasteiger charge is 2.38. The number of ketones is 2. The van der Waals surface area contributed by atoms with Gasteiger partial charge in [0.2, 0.25) is 0 Å². The molecule has 40 heavy (non-hydrogen) atoms. The third-order valence-corrected chi connectivity index (χ3v) is 8.01. The van der Waals surface area contributed by atoms with Crippen LogP contribution >= 0.6 is 0 Å². The molecule has 0 saturated carbocycles. The van der Waals surface area contributed by atoms with Crippen molar-refractivity contribution in [3.63, 3.8) is 0 Å². The molecule has 4 aliphatic rings. The Balaban J connectivity index is 1.34. The second-order valence-electron chi connectivity index (χ2n) is 12.3. The Morgan fingerprint density at radius 2 is 1.68 bits per heavy atom. The summed E-state index contributed by atoms with van der Waals surface area (Å²) < 4.78 is 12.3. The second-order valence-corrected chi connectivity index (χ2v) is 12.3. The fourth-order valence-corrected chi connectivity index (χ4v) is 6.12. The molecule has 0 spiro atoms. The number of carbonyl (C=O) groups is 2. The zero-order valence-electron chi connectivity index (χ0n) is 23.9. The number of carbonyl (C=O) groups excluding carboxylic acids is 2. The number of benzene rings is 2. The molecule has 0 radical (unpaired) electrons. The van der Waals surface area contributed by atoms with E-state index in [1.807, 2.05) is 12.1 Å². The highest BCUT2D eigenvalue weighted by atomic mass is 16.5. The van der Waals surface area contributed by atoms with Crippen molar-refractivity contribution in [2.24, 2.45) is 10.4 Å². The maximum Gasteiger partial charge on any atom is 0.196 e. The van der Waals surface area contributed by atoms with E-state index in [9.17, 15) is 9.59 Å². The topological polar surface area (TPSA) is 80.2 Å². The Hall–Kier alpha value is -3.55. The van der Waals surface area contributed by atoms with Crippen LogP contribution in [0, 0.1) is 5.41 Å². The number of nitrogens with zero attached hydrogens (tertiary/aromatic N) is 2. The van der Waals surface area contributed by atoms with E-state index in [-0.39, 0.29) is 35.3 Å². The minimum atomic E-state index is -0.343. The molecule has 1 saturated heterocycles. The maximum absolute atomic E-state index is 13.9. The van der Waals surface area contributed by atoms with Crippen molar-refractivity contribution in [3.05, 3.63) is 76.4 Å². The van der Waals surface area contributed by atoms with Gasteiger partial charge in [-0.2, -0.15) is 0 Å². The summed E-state index contributed by atoms with van der Waals surface area (Å²) in [5, 5.41) is 3.48. The molecule has 2 heterocycles. The molecular formula is C33H37N3O4. The Morgan fingerprint density at radius 3 is 2.35 bits per heavy atom. The summed E-state index contributed by atoms with van der Waals surface area (Å²) in [4.78, 5) is 35.0. The molecule has 7 nitrogen and oxygen atoms in total. The largest absolute Gasteiger partial charge is 0.478 e. The monoisotopic (exact) mass is 539 g/mol. The molecule has 2 aromatic rings. The van der Waals surface area contributed by atoms with Gasteiger partial charge in [-0.3, -0.25) is 14.5 Å². The molecule has 1 fully saturated rings. The number of aliphatic imine (C=N–C) groups is 1. The van der Waals surface area contributed by atoms with Gasteiger partial charge in [-0.25, -0.2) is 4.99 Å². The number of rotatable bonds is 5. The first-order chi connectivity index (χ1) is 19.1. The van der Waals surface area contributed by atoms with Gasteiger partial charge in [0, 0.05) is 49.1 Å². The summed E-state index contributed by atoms with van der Waals surface area (Å²) in [6, 6.07) is 8.88. The number of hydrogen-bond acceptors (Lipinski definition) is 7. The molecule has 0 amide bonds. The van der Waals surface area contributed by atoms with Gasteiger partial charge in [0.15, 0.2) is 17.7 Å². The van der Waals surface area contributed by atoms with Crippen LogP contribution in [0.5, 0.6) is 5.75 Å². The number of morpholine rings is 1. The van der Waals surface area contributed by atoms with E-state index in [1.54, 1.807) is 24.3 Å². The fourth-order valence-electron chi connectivity index (χ4n) is 6.12. The summed E-state index contributed by atoms with van der Waals surface area (Å²) in [6.07, 6.45) is 7.10. The summed E-state index contributed by atoms with van der Waals surface area (Å²) in [5.41, 5.74) is 4.47. The average Bonchev–Trinajstić information content (AvgIpc) is 2.91. The standard InChI is InChI=1S/C33H37N3O4/c1-19-17-36(18-20(2)39-19)14-8-13-34-25-16-27-30(35-24-12-11-21(33(3,4)5)15-26(24)40-27)29-28(25)31(37)22-9-6-7-10-23(22)32(29)38/h6-7,9-12,15-16,19-20,26,34H,8,13-14,17-18H2,1-5H3/t19-,20-,26?/m0/s1. The highest BCUT2D eigenvalue weighted by Crippen LogP contribution is 2.46. The van der Waals surface area contributed by atoms with E-state index in [2.05, 4.69) is 57.0 Å². The summed E-state index contributed by atoms with van der Waals surface area (Å²) in [6.45, 7) is 14.1. The minimum absolute atomic E-state index is 0.0313. The summed E-state index contributed by atoms with van der Waals surface area (Å²) in [7, 11) is 0. The first-order valence-electron chi connectivity index (χ1n) is 14.3. The van der Waals surface area contributed by atoms with Gasteiger partial charge in [0.05, 0.1) is 29.0 Å². The van der Waals surface area contributed by atoms with Crippen LogP contribution in [-0.2, 0) is 4.74 Å². The van der Waals surface area contributed by atoms with Gasteiger partial charge < -0.3 is 14.8 Å². The van der Waals surface area contributed by atoms with Gasteiger partial charge in [0.1, 0.15) is 11.4 Å². The highest BCUT2D eigenvalue weighted by molar-refractivity contribution is 6.32. The first-order valence-corrected chi connectivity index (χ1v) is 14.3. The third-order valence-electron chi connectivity index (χ3n) is 8.01. The van der Waals surface area contributed by atoms with Crippen LogP contribution in [-0.4, -0.2) is 66.7 Å². The second kappa shape index (κ2) is 10.1. The maximum atomic E-state index is 13.9. The predicted molar refractivity (Wildman–Crippen MR) is 157 cm³/mol. The van der Waals surface area contributed by atoms with Crippen molar-refractivity contribution in [1.29, 1.82) is 0 Å². The molecule has 0 aromatic heterocycles. The van der Waals surface area contributed by atoms with Crippen molar-refractivity contribution in [2.45, 2.75) is 59.4 Å². The Labute approximate surface area is 236 Å². The molecule has 2 aromatic carbocycles. The van der Waals surface area contributed by atoms with E-state index in [1.165, 1.54) is 5.57 Å². The SMILES string of the molecule is C[C@H]1CN(CCCNc2cc3c(c4c2C(=O)c2ccccc2C4=O)N=C2C=CC(C(C)(C)C)=CC2O3)C[C@H](C)O1. The van der Waals surface area contributed by atoms with Crippen molar-refractivity contribution in [2.75, 3.05) is 31.5 Å². The number of nitrogens with one attached hydrogen (secondary N) is 1. The molecular weight excluding hydrogens is 502 g/mol. The lowest BCUT2D eigenvalue weighted by Gasteiger charge is -2.35. The lowest BCUT2D eigenvalue weighted by Crippen LogP contribution is -2.45. The number of ether oxygens (including phenoxy) is 2. The average molecular weight is 540 g/mol. The number of anilines is 1. The van der Waals surface area contributed by atoms with Crippen molar-refractivity contribution < 1.29 is 19.1 Å². The third kappa shape index (κ3) is 4.82. The van der Waals surface area contributed by atoms with Gasteiger partial charge in [-0.1, -0.05) is 51.1 Å². The summed E-state index contributed by atoms with van der Waals surface area (Å²) in [5.74, 6) is 0.160. The van der Waals surface area contributed by atoms with Gasteiger partial charge >= 0.3 is 0 Å². The Kier molecular flexibility index (Phi) is 6.75. The van der Waals surface area contributed by atoms with Crippen LogP contribution < -0.4 is 10.1 Å². The van der Waals surface area contributed by atoms with Gasteiger partial charge in [0.25, 0.3) is 0 Å². The van der Waals surface area contributed by atoms with Crippen LogP contribution in [0.25, 0.3) is 0 Å². The number of fused-ring (bicyclic) bond motifs is 5. The van der Waals surface area contributed by atoms with E-state index in [0.29, 0.717) is 45.9 Å². The van der Waals surface area contributed by atoms with Crippen LogP contribution in [0.2, 0.25) is 0 Å². The molecule has 208 valence electrons. The molecule has 1 unspecified atom stereocenters. The van der Waals surface area contributed by atoms with E-state index in [4.69, 9.17) is 14.5 Å². The van der Waals surface area contributed by atoms with Crippen LogP contribution in [0.3, 0.4) is 0 Å². The predicted octanol–water partition coefficient (Wildman–Crippen LogP) is 5.75. The minimum Gasteiger partial charge on any atom is -0.478 e. The molecule has 2 aliphatic heterocycles. The lowest BCUT2D eigenvalue weighted by molar-refractivity contribution is -0.0678. The van der Waals surface area contributed by atoms with E-state index >= 15 is 0 Å². The molecule has 1 N–H and O–H groups in total. The zero-order valence-corrected chi connectivity index (χ0v) is 23.9. The van der Waals surface area contributed by atoms with Crippen LogP contribution in [0.1, 0.15) is 72.9 Å². The first kappa shape index (κ1) is 26.7. The van der Waals surface area contributed by atoms with Crippen LogP contribution in [0.15, 0.2) is 59.1 Å². The van der Waals surface area contributed by atoms with Crippen molar-refractivity contribution in [3.8, 4) is 5.75 Å². The molecule has 0 bridgehead atoms. The van der Waals surface area contributed by atoms with E-state index < -0.39 is 0 Å². The van der Waals surface area contributed by atoms with Crippen molar-refractivity contribution in [1.82, 2.24) is 4.90 Å². The number of allylic oxidation sites excluding steroid dienone is 2. The fraction of sp³-hybridized carbons (Fsp3) is 0.424. The van der Waals surface area contributed by atoms with Gasteiger partial charge in [-0.05, 0) is 43.4 Å². The molecule has 3 atom stereocenters. The molecule has 2 aliphatic carbocycles. The quantitative estimate of drug-likeness (QED) is 0.416. The normalized spacial score (nSPS) is 23.8. The Bertz CT molecular complexity index is 1470. The Morgan fingerprint density at radius 1 is 1.00 bits per heavy atom. The molecule has 7 heteroatoms.